The molecule has 0 saturated heterocycles. The van der Waals surface area contributed by atoms with Gasteiger partial charge < -0.3 is 9.47 Å². The first-order chi connectivity index (χ1) is 15.0. The van der Waals surface area contributed by atoms with E-state index in [-0.39, 0.29) is 31.2 Å². The Morgan fingerprint density at radius 3 is 2.03 bits per heavy atom. The van der Waals surface area contributed by atoms with Crippen molar-refractivity contribution >= 4 is 17.7 Å². The summed E-state index contributed by atoms with van der Waals surface area (Å²) in [5, 5.41) is 0. The minimum absolute atomic E-state index is 0.0470. The number of hydrogen-bond donors (Lipinski definition) is 0. The van der Waals surface area contributed by atoms with Crippen LogP contribution < -0.4 is 4.74 Å². The van der Waals surface area contributed by atoms with Gasteiger partial charge in [0.05, 0.1) is 0 Å². The van der Waals surface area contributed by atoms with E-state index in [0.717, 1.165) is 12.8 Å². The zero-order chi connectivity index (χ0) is 22.7. The van der Waals surface area contributed by atoms with E-state index in [1.165, 1.54) is 51.9 Å². The van der Waals surface area contributed by atoms with Gasteiger partial charge in [-0.25, -0.2) is 0 Å². The third-order valence-corrected chi connectivity index (χ3v) is 4.84. The number of unbranched alkanes of at least 4 members (excludes halogenated alkanes) is 8. The van der Waals surface area contributed by atoms with Gasteiger partial charge in [-0.15, -0.1) is 0 Å². The van der Waals surface area contributed by atoms with E-state index in [1.807, 2.05) is 0 Å². The molecule has 5 nitrogen and oxygen atoms in total. The van der Waals surface area contributed by atoms with Crippen molar-refractivity contribution in [2.24, 2.45) is 0 Å². The Labute approximate surface area is 186 Å². The van der Waals surface area contributed by atoms with Crippen molar-refractivity contribution in [1.29, 1.82) is 0 Å². The highest BCUT2D eigenvalue weighted by Crippen LogP contribution is 2.14. The number of ether oxygens (including phenoxy) is 2. The maximum atomic E-state index is 11.8. The zero-order valence-electron chi connectivity index (χ0n) is 19.0. The Bertz CT molecular complexity index is 724. The smallest absolute Gasteiger partial charge is 0.311 e. The van der Waals surface area contributed by atoms with Gasteiger partial charge >= 0.3 is 11.9 Å². The molecule has 0 unspecified atom stereocenters. The summed E-state index contributed by atoms with van der Waals surface area (Å²) < 4.78 is 10.2. The van der Waals surface area contributed by atoms with E-state index in [9.17, 15) is 14.4 Å². The maximum Gasteiger partial charge on any atom is 0.311 e. The molecule has 1 aromatic rings. The van der Waals surface area contributed by atoms with Gasteiger partial charge in [-0.3, -0.25) is 14.4 Å². The lowest BCUT2D eigenvalue weighted by Crippen LogP contribution is -2.10. The molecule has 0 fully saturated rings. The molecule has 1 rings (SSSR count). The summed E-state index contributed by atoms with van der Waals surface area (Å²) in [6.45, 7) is 3.80. The standard InChI is InChI=1S/C26H36O5/c1-3-4-5-6-7-8-9-10-11-12-13-21-30-25(28)15-14-16-26(29)31-24-19-17-23(18-20-24)22(2)27/h17-20H,3-11,14-16,21H2,1-2H3. The van der Waals surface area contributed by atoms with Crippen molar-refractivity contribution in [1.82, 2.24) is 0 Å². The molecule has 5 heteroatoms. The molecule has 0 heterocycles. The van der Waals surface area contributed by atoms with Crippen LogP contribution in [0.5, 0.6) is 5.75 Å². The van der Waals surface area contributed by atoms with Crippen LogP contribution >= 0.6 is 0 Å². The van der Waals surface area contributed by atoms with Gasteiger partial charge in [0.1, 0.15) is 5.75 Å². The van der Waals surface area contributed by atoms with Crippen molar-refractivity contribution in [3.63, 3.8) is 0 Å². The SMILES string of the molecule is CCCCCCCCCCC#CCOC(=O)CCCC(=O)Oc1ccc(C(C)=O)cc1. The molecule has 31 heavy (non-hydrogen) atoms. The van der Waals surface area contributed by atoms with Crippen LogP contribution in [0.15, 0.2) is 24.3 Å². The average Bonchev–Trinajstić information content (AvgIpc) is 2.75. The third-order valence-electron chi connectivity index (χ3n) is 4.84. The van der Waals surface area contributed by atoms with Crippen LogP contribution in [0.3, 0.4) is 0 Å². The Balaban J connectivity index is 2.02. The van der Waals surface area contributed by atoms with Gasteiger partial charge in [0.15, 0.2) is 12.4 Å². The summed E-state index contributed by atoms with van der Waals surface area (Å²) in [5.41, 5.74) is 0.559. The number of carbonyl (C=O) groups is 3. The molecular formula is C26H36O5. The molecule has 0 atom stereocenters. The molecule has 1 aromatic carbocycles. The van der Waals surface area contributed by atoms with Gasteiger partial charge in [0.2, 0.25) is 0 Å². The van der Waals surface area contributed by atoms with Crippen molar-refractivity contribution < 1.29 is 23.9 Å². The first-order valence-corrected chi connectivity index (χ1v) is 11.5. The minimum Gasteiger partial charge on any atom is -0.452 e. The zero-order valence-corrected chi connectivity index (χ0v) is 19.0. The fraction of sp³-hybridized carbons (Fsp3) is 0.577. The summed E-state index contributed by atoms with van der Waals surface area (Å²) in [5.74, 6) is 5.46. The predicted octanol–water partition coefficient (Wildman–Crippen LogP) is 6.04. The number of ketones is 1. The largest absolute Gasteiger partial charge is 0.452 e. The van der Waals surface area contributed by atoms with Gasteiger partial charge in [0.25, 0.3) is 0 Å². The summed E-state index contributed by atoms with van der Waals surface area (Å²) in [6.07, 6.45) is 11.6. The highest BCUT2D eigenvalue weighted by Gasteiger charge is 2.08. The molecule has 0 bridgehead atoms. The Kier molecular flexibility index (Phi) is 14.6. The van der Waals surface area contributed by atoms with E-state index in [2.05, 4.69) is 18.8 Å². The molecule has 170 valence electrons. The lowest BCUT2D eigenvalue weighted by molar-refractivity contribution is -0.142. The first kappa shape index (κ1) is 26.4. The second-order valence-corrected chi connectivity index (χ2v) is 7.65. The van der Waals surface area contributed by atoms with E-state index < -0.39 is 5.97 Å². The van der Waals surface area contributed by atoms with Crippen molar-refractivity contribution in [3.05, 3.63) is 29.8 Å². The number of hydrogen-bond acceptors (Lipinski definition) is 5. The van der Waals surface area contributed by atoms with Gasteiger partial charge in [-0.05, 0) is 44.0 Å². The molecule has 0 aliphatic carbocycles. The van der Waals surface area contributed by atoms with Crippen molar-refractivity contribution in [2.75, 3.05) is 6.61 Å². The van der Waals surface area contributed by atoms with E-state index in [1.54, 1.807) is 24.3 Å². The normalized spacial score (nSPS) is 10.1. The summed E-state index contributed by atoms with van der Waals surface area (Å²) >= 11 is 0. The molecule has 0 spiro atoms. The average molecular weight is 429 g/mol. The van der Waals surface area contributed by atoms with Crippen LogP contribution in [0.2, 0.25) is 0 Å². The predicted molar refractivity (Wildman–Crippen MR) is 122 cm³/mol. The van der Waals surface area contributed by atoms with Crippen LogP contribution in [0.1, 0.15) is 101 Å². The number of carbonyl (C=O) groups excluding carboxylic acids is 3. The molecule has 0 aromatic heterocycles. The molecule has 0 aliphatic heterocycles. The topological polar surface area (TPSA) is 69.7 Å². The fourth-order valence-electron chi connectivity index (χ4n) is 2.99. The highest BCUT2D eigenvalue weighted by atomic mass is 16.5. The fourth-order valence-corrected chi connectivity index (χ4v) is 2.99. The van der Waals surface area contributed by atoms with Gasteiger partial charge in [0, 0.05) is 24.8 Å². The van der Waals surface area contributed by atoms with Crippen LogP contribution in [0.4, 0.5) is 0 Å². The lowest BCUT2D eigenvalue weighted by Gasteiger charge is -2.05. The number of benzene rings is 1. The van der Waals surface area contributed by atoms with Crippen LogP contribution in [0.25, 0.3) is 0 Å². The molecule has 0 amide bonds. The molecular weight excluding hydrogens is 392 g/mol. The molecule has 0 aliphatic rings. The van der Waals surface area contributed by atoms with E-state index in [0.29, 0.717) is 17.7 Å². The monoisotopic (exact) mass is 428 g/mol. The van der Waals surface area contributed by atoms with Crippen LogP contribution in [-0.2, 0) is 14.3 Å². The lowest BCUT2D eigenvalue weighted by atomic mass is 10.1. The maximum absolute atomic E-state index is 11.8. The second kappa shape index (κ2) is 17.1. The third kappa shape index (κ3) is 14.1. The number of Topliss-reactive ketones (excluding diaryl/α,β-unsaturated/α-hetero) is 1. The van der Waals surface area contributed by atoms with Gasteiger partial charge in [-0.2, -0.15) is 0 Å². The summed E-state index contributed by atoms with van der Waals surface area (Å²) in [6, 6.07) is 6.38. The first-order valence-electron chi connectivity index (χ1n) is 11.5. The Morgan fingerprint density at radius 1 is 0.774 bits per heavy atom. The molecule has 0 saturated carbocycles. The molecule has 0 N–H and O–H groups in total. The Hall–Kier alpha value is -2.61. The highest BCUT2D eigenvalue weighted by molar-refractivity contribution is 5.94. The number of rotatable bonds is 15. The molecule has 0 radical (unpaired) electrons. The summed E-state index contributed by atoms with van der Waals surface area (Å²) in [7, 11) is 0. The van der Waals surface area contributed by atoms with Crippen molar-refractivity contribution in [3.8, 4) is 17.6 Å². The minimum atomic E-state index is -0.423. The number of esters is 2. The quantitative estimate of drug-likeness (QED) is 0.112. The summed E-state index contributed by atoms with van der Waals surface area (Å²) in [4.78, 5) is 34.7. The Morgan fingerprint density at radius 2 is 1.39 bits per heavy atom. The van der Waals surface area contributed by atoms with Crippen molar-refractivity contribution in [2.45, 2.75) is 90.9 Å². The van der Waals surface area contributed by atoms with E-state index >= 15 is 0 Å². The second-order valence-electron chi connectivity index (χ2n) is 7.65. The van der Waals surface area contributed by atoms with Crippen LogP contribution in [-0.4, -0.2) is 24.3 Å². The van der Waals surface area contributed by atoms with Crippen LogP contribution in [0, 0.1) is 11.8 Å². The van der Waals surface area contributed by atoms with E-state index in [4.69, 9.17) is 9.47 Å². The van der Waals surface area contributed by atoms with Gasteiger partial charge in [-0.1, -0.05) is 63.7 Å².